The molecule has 0 aliphatic rings. The Morgan fingerprint density at radius 1 is 1.05 bits per heavy atom. The molecular weight excluding hydrogens is 262 g/mol. The van der Waals surface area contributed by atoms with Crippen LogP contribution in [0.25, 0.3) is 0 Å². The second-order valence-electron chi connectivity index (χ2n) is 4.40. The number of aliphatic hydroxyl groups excluding tert-OH is 1. The van der Waals surface area contributed by atoms with E-state index in [1.165, 1.54) is 0 Å². The van der Waals surface area contributed by atoms with Crippen LogP contribution in [0.2, 0.25) is 0 Å². The summed E-state index contributed by atoms with van der Waals surface area (Å²) in [7, 11) is 0. The van der Waals surface area contributed by atoms with Gasteiger partial charge < -0.3 is 9.84 Å². The number of nitrogens with zero attached hydrogens (tertiary/aromatic N) is 1. The molecule has 0 aliphatic carbocycles. The van der Waals surface area contributed by atoms with Gasteiger partial charge in [0.15, 0.2) is 0 Å². The van der Waals surface area contributed by atoms with E-state index in [-0.39, 0.29) is 6.61 Å². The summed E-state index contributed by atoms with van der Waals surface area (Å²) >= 11 is 0. The maximum Gasteiger partial charge on any atom is 0.121 e. The highest BCUT2D eigenvalue weighted by molar-refractivity contribution is 5.40. The van der Waals surface area contributed by atoms with Gasteiger partial charge in [0, 0.05) is 12.0 Å². The van der Waals surface area contributed by atoms with Crippen LogP contribution in [0, 0.1) is 23.2 Å². The van der Waals surface area contributed by atoms with E-state index in [1.54, 1.807) is 6.07 Å². The Bertz CT molecular complexity index is 705. The van der Waals surface area contributed by atoms with E-state index < -0.39 is 0 Å². The molecule has 0 bridgehead atoms. The van der Waals surface area contributed by atoms with Crippen molar-refractivity contribution in [2.75, 3.05) is 6.61 Å². The summed E-state index contributed by atoms with van der Waals surface area (Å²) in [6.45, 7) is 0.474. The van der Waals surface area contributed by atoms with Crippen molar-refractivity contribution in [2.24, 2.45) is 0 Å². The zero-order chi connectivity index (χ0) is 14.9. The van der Waals surface area contributed by atoms with Crippen LogP contribution in [0.4, 0.5) is 0 Å². The molecule has 0 radical (unpaired) electrons. The second kappa shape index (κ2) is 7.75. The van der Waals surface area contributed by atoms with Gasteiger partial charge >= 0.3 is 0 Å². The van der Waals surface area contributed by atoms with Crippen LogP contribution in [-0.2, 0) is 6.61 Å². The van der Waals surface area contributed by atoms with Crippen LogP contribution in [0.5, 0.6) is 5.75 Å². The molecular formula is C18H15NO2. The number of hydrogen-bond acceptors (Lipinski definition) is 3. The third-order valence-corrected chi connectivity index (χ3v) is 2.77. The molecule has 21 heavy (non-hydrogen) atoms. The lowest BCUT2D eigenvalue weighted by molar-refractivity contribution is 0.305. The van der Waals surface area contributed by atoms with E-state index in [0.29, 0.717) is 18.6 Å². The molecule has 3 heteroatoms. The predicted octanol–water partition coefficient (Wildman–Crippen LogP) is 2.87. The number of rotatable bonds is 4. The fourth-order valence-electron chi connectivity index (χ4n) is 1.78. The minimum absolute atomic E-state index is 0.0679. The summed E-state index contributed by atoms with van der Waals surface area (Å²) in [6.07, 6.45) is 0.464. The average molecular weight is 277 g/mol. The summed E-state index contributed by atoms with van der Waals surface area (Å²) in [5, 5.41) is 17.6. The number of hydrogen-bond donors (Lipinski definition) is 1. The Morgan fingerprint density at radius 3 is 2.67 bits per heavy atom. The lowest BCUT2D eigenvalue weighted by Crippen LogP contribution is -1.96. The summed E-state index contributed by atoms with van der Waals surface area (Å²) in [5.74, 6) is 6.57. The third kappa shape index (κ3) is 4.69. The number of benzene rings is 2. The molecule has 0 aromatic heterocycles. The van der Waals surface area contributed by atoms with Gasteiger partial charge in [0.2, 0.25) is 0 Å². The van der Waals surface area contributed by atoms with Gasteiger partial charge in [-0.1, -0.05) is 30.0 Å². The zero-order valence-electron chi connectivity index (χ0n) is 11.5. The normalized spacial score (nSPS) is 9.33. The first-order valence-electron chi connectivity index (χ1n) is 6.63. The molecule has 2 aromatic carbocycles. The topological polar surface area (TPSA) is 53.2 Å². The van der Waals surface area contributed by atoms with Gasteiger partial charge in [-0.3, -0.25) is 0 Å². The number of ether oxygens (including phenoxy) is 1. The van der Waals surface area contributed by atoms with E-state index in [2.05, 4.69) is 17.9 Å². The molecule has 1 N–H and O–H groups in total. The Hall–Kier alpha value is -2.75. The largest absolute Gasteiger partial charge is 0.489 e. The Balaban J connectivity index is 2.02. The van der Waals surface area contributed by atoms with Crippen molar-refractivity contribution in [3.63, 3.8) is 0 Å². The van der Waals surface area contributed by atoms with Crippen LogP contribution in [0.15, 0.2) is 48.5 Å². The summed E-state index contributed by atoms with van der Waals surface area (Å²) in [5.41, 5.74) is 2.43. The fourth-order valence-corrected chi connectivity index (χ4v) is 1.78. The SMILES string of the molecule is N#Cc1cccc(COc2cccc(C#CCCO)c2)c1. The Labute approximate surface area is 124 Å². The highest BCUT2D eigenvalue weighted by Crippen LogP contribution is 2.15. The first-order chi connectivity index (χ1) is 10.3. The Morgan fingerprint density at radius 2 is 1.86 bits per heavy atom. The zero-order valence-corrected chi connectivity index (χ0v) is 11.5. The minimum atomic E-state index is 0.0679. The van der Waals surface area contributed by atoms with Crippen molar-refractivity contribution >= 4 is 0 Å². The molecule has 2 aromatic rings. The first-order valence-corrected chi connectivity index (χ1v) is 6.63. The van der Waals surface area contributed by atoms with Crippen molar-refractivity contribution in [3.8, 4) is 23.7 Å². The average Bonchev–Trinajstić information content (AvgIpc) is 2.54. The second-order valence-corrected chi connectivity index (χ2v) is 4.40. The number of aliphatic hydroxyl groups is 1. The lowest BCUT2D eigenvalue weighted by atomic mass is 10.1. The number of nitriles is 1. The summed E-state index contributed by atoms with van der Waals surface area (Å²) < 4.78 is 5.71. The van der Waals surface area contributed by atoms with Crippen LogP contribution < -0.4 is 4.74 Å². The lowest BCUT2D eigenvalue weighted by Gasteiger charge is -2.06. The van der Waals surface area contributed by atoms with Crippen LogP contribution in [0.3, 0.4) is 0 Å². The quantitative estimate of drug-likeness (QED) is 0.874. The molecule has 104 valence electrons. The van der Waals surface area contributed by atoms with Gasteiger partial charge in [-0.15, -0.1) is 0 Å². The van der Waals surface area contributed by atoms with Gasteiger partial charge in [0.05, 0.1) is 18.2 Å². The maximum absolute atomic E-state index is 8.86. The van der Waals surface area contributed by atoms with Gasteiger partial charge in [-0.05, 0) is 35.9 Å². The summed E-state index contributed by atoms with van der Waals surface area (Å²) in [6, 6.07) is 16.9. The van der Waals surface area contributed by atoms with Crippen molar-refractivity contribution in [1.29, 1.82) is 5.26 Å². The molecule has 0 fully saturated rings. The van der Waals surface area contributed by atoms with E-state index in [0.717, 1.165) is 16.9 Å². The smallest absolute Gasteiger partial charge is 0.121 e. The third-order valence-electron chi connectivity index (χ3n) is 2.77. The van der Waals surface area contributed by atoms with E-state index in [1.807, 2.05) is 42.5 Å². The highest BCUT2D eigenvalue weighted by atomic mass is 16.5. The molecule has 0 spiro atoms. The van der Waals surface area contributed by atoms with Gasteiger partial charge in [-0.25, -0.2) is 0 Å². The van der Waals surface area contributed by atoms with Gasteiger partial charge in [0.25, 0.3) is 0 Å². The molecule has 0 saturated heterocycles. The van der Waals surface area contributed by atoms with Crippen LogP contribution in [0.1, 0.15) is 23.1 Å². The van der Waals surface area contributed by atoms with E-state index >= 15 is 0 Å². The highest BCUT2D eigenvalue weighted by Gasteiger charge is 1.98. The van der Waals surface area contributed by atoms with Crippen LogP contribution in [-0.4, -0.2) is 11.7 Å². The predicted molar refractivity (Wildman–Crippen MR) is 80.5 cm³/mol. The van der Waals surface area contributed by atoms with Crippen molar-refractivity contribution in [2.45, 2.75) is 13.0 Å². The molecule has 2 rings (SSSR count). The molecule has 0 atom stereocenters. The van der Waals surface area contributed by atoms with Crippen molar-refractivity contribution in [3.05, 3.63) is 65.2 Å². The fraction of sp³-hybridized carbons (Fsp3) is 0.167. The molecule has 3 nitrogen and oxygen atoms in total. The molecule has 0 saturated carbocycles. The molecule has 0 heterocycles. The summed E-state index contributed by atoms with van der Waals surface area (Å²) in [4.78, 5) is 0. The monoisotopic (exact) mass is 277 g/mol. The van der Waals surface area contributed by atoms with Gasteiger partial charge in [0.1, 0.15) is 12.4 Å². The molecule has 0 aliphatic heterocycles. The molecule has 0 unspecified atom stereocenters. The van der Waals surface area contributed by atoms with Crippen LogP contribution >= 0.6 is 0 Å². The molecule has 0 amide bonds. The van der Waals surface area contributed by atoms with E-state index in [4.69, 9.17) is 15.1 Å². The standard InChI is InChI=1S/C18H15NO2/c19-13-16-7-3-8-17(11-16)14-21-18-9-4-6-15(12-18)5-1-2-10-20/h3-4,6-9,11-12,20H,2,10,14H2. The first kappa shape index (κ1) is 14.7. The van der Waals surface area contributed by atoms with Gasteiger partial charge in [-0.2, -0.15) is 5.26 Å². The maximum atomic E-state index is 8.86. The Kier molecular flexibility index (Phi) is 5.41. The van der Waals surface area contributed by atoms with E-state index in [9.17, 15) is 0 Å². The van der Waals surface area contributed by atoms with Crippen molar-refractivity contribution < 1.29 is 9.84 Å². The van der Waals surface area contributed by atoms with Crippen molar-refractivity contribution in [1.82, 2.24) is 0 Å². The minimum Gasteiger partial charge on any atom is -0.489 e.